The van der Waals surface area contributed by atoms with Crippen LogP contribution in [0, 0.1) is 6.92 Å². The van der Waals surface area contributed by atoms with Crippen molar-refractivity contribution in [2.45, 2.75) is 13.5 Å². The number of hydrogen-bond acceptors (Lipinski definition) is 5. The van der Waals surface area contributed by atoms with Crippen LogP contribution in [0.4, 0.5) is 10.5 Å². The van der Waals surface area contributed by atoms with E-state index < -0.39 is 6.03 Å². The molecule has 0 atom stereocenters. The number of carbonyl (C=O) groups is 1. The van der Waals surface area contributed by atoms with Gasteiger partial charge in [0.05, 0.1) is 22.9 Å². The fraction of sp³-hybridized carbons (Fsp3) is 0.100. The average molecular weight is 426 g/mol. The van der Waals surface area contributed by atoms with E-state index in [1.165, 1.54) is 21.9 Å². The normalized spacial score (nSPS) is 10.8. The Hall–Kier alpha value is -3.23. The highest BCUT2D eigenvalue weighted by Crippen LogP contribution is 2.24. The molecular weight excluding hydrogens is 410 g/mol. The van der Waals surface area contributed by atoms with Crippen LogP contribution in [0.15, 0.2) is 59.4 Å². The Bertz CT molecular complexity index is 1250. The van der Waals surface area contributed by atoms with Crippen molar-refractivity contribution in [2.24, 2.45) is 0 Å². The first kappa shape index (κ1) is 19.1. The Morgan fingerprint density at radius 1 is 1.17 bits per heavy atom. The molecule has 0 spiro atoms. The lowest BCUT2D eigenvalue weighted by Crippen LogP contribution is -2.29. The minimum Gasteiger partial charge on any atom is -0.332 e. The predicted octanol–water partition coefficient (Wildman–Crippen LogP) is 4.10. The van der Waals surface area contributed by atoms with Gasteiger partial charge in [0.1, 0.15) is 5.01 Å². The van der Waals surface area contributed by atoms with Crippen LogP contribution in [0.3, 0.4) is 0 Å². The van der Waals surface area contributed by atoms with Crippen molar-refractivity contribution >= 4 is 39.6 Å². The Balaban J connectivity index is 1.51. The summed E-state index contributed by atoms with van der Waals surface area (Å²) in [5.74, 6) is 0. The third kappa shape index (κ3) is 4.28. The van der Waals surface area contributed by atoms with Gasteiger partial charge in [0.2, 0.25) is 4.96 Å². The average Bonchev–Trinajstić information content (AvgIpc) is 3.13. The maximum atomic E-state index is 12.4. The number of amides is 2. The first-order valence-corrected chi connectivity index (χ1v) is 9.95. The quantitative estimate of drug-likeness (QED) is 0.515. The van der Waals surface area contributed by atoms with Gasteiger partial charge in [-0.15, -0.1) is 0 Å². The molecule has 2 aromatic carbocycles. The molecule has 2 heterocycles. The van der Waals surface area contributed by atoms with Gasteiger partial charge in [-0.2, -0.15) is 9.61 Å². The summed E-state index contributed by atoms with van der Waals surface area (Å²) in [6.45, 7) is 2.11. The third-order valence-corrected chi connectivity index (χ3v) is 5.44. The highest BCUT2D eigenvalue weighted by molar-refractivity contribution is 7.19. The molecule has 0 saturated carbocycles. The van der Waals surface area contributed by atoms with E-state index in [1.54, 1.807) is 24.3 Å². The van der Waals surface area contributed by atoms with Gasteiger partial charge in [0.25, 0.3) is 5.56 Å². The predicted molar refractivity (Wildman–Crippen MR) is 115 cm³/mol. The van der Waals surface area contributed by atoms with Crippen molar-refractivity contribution in [3.05, 3.63) is 81.2 Å². The fourth-order valence-corrected chi connectivity index (χ4v) is 3.77. The van der Waals surface area contributed by atoms with E-state index >= 15 is 0 Å². The molecule has 146 valence electrons. The van der Waals surface area contributed by atoms with Gasteiger partial charge >= 0.3 is 6.03 Å². The number of nitrogens with zero attached hydrogens (tertiary/aromatic N) is 3. The van der Waals surface area contributed by atoms with E-state index in [2.05, 4.69) is 20.7 Å². The van der Waals surface area contributed by atoms with E-state index in [0.29, 0.717) is 26.4 Å². The Labute approximate surface area is 175 Å². The third-order valence-electron chi connectivity index (χ3n) is 4.15. The van der Waals surface area contributed by atoms with E-state index in [4.69, 9.17) is 11.6 Å². The summed E-state index contributed by atoms with van der Waals surface area (Å²) < 4.78 is 1.27. The number of anilines is 1. The molecule has 4 aromatic rings. The minimum absolute atomic E-state index is 0.0970. The second-order valence-electron chi connectivity index (χ2n) is 6.34. The van der Waals surface area contributed by atoms with Crippen LogP contribution in [0.5, 0.6) is 0 Å². The van der Waals surface area contributed by atoms with Gasteiger partial charge in [-0.25, -0.2) is 9.78 Å². The van der Waals surface area contributed by atoms with Crippen molar-refractivity contribution in [1.82, 2.24) is 19.9 Å². The zero-order valence-corrected chi connectivity index (χ0v) is 16.9. The molecule has 2 aromatic heterocycles. The summed E-state index contributed by atoms with van der Waals surface area (Å²) in [5.41, 5.74) is 2.72. The number of nitrogens with one attached hydrogen (secondary N) is 2. The molecule has 0 saturated heterocycles. The zero-order valence-electron chi connectivity index (χ0n) is 15.3. The molecule has 2 N–H and O–H groups in total. The Morgan fingerprint density at radius 2 is 1.93 bits per heavy atom. The minimum atomic E-state index is -0.440. The van der Waals surface area contributed by atoms with Crippen LogP contribution in [0.1, 0.15) is 11.3 Å². The van der Waals surface area contributed by atoms with Gasteiger partial charge in [-0.1, -0.05) is 64.9 Å². The van der Waals surface area contributed by atoms with E-state index in [9.17, 15) is 9.59 Å². The number of aromatic nitrogens is 3. The smallest absolute Gasteiger partial charge is 0.319 e. The molecule has 9 heteroatoms. The molecule has 0 fully saturated rings. The van der Waals surface area contributed by atoms with Crippen LogP contribution < -0.4 is 16.2 Å². The molecule has 0 unspecified atom stereocenters. The second kappa shape index (κ2) is 8.02. The molecule has 2 amide bonds. The molecule has 0 aliphatic heterocycles. The van der Waals surface area contributed by atoms with Crippen molar-refractivity contribution < 1.29 is 4.79 Å². The molecule has 29 heavy (non-hydrogen) atoms. The van der Waals surface area contributed by atoms with E-state index in [1.807, 2.05) is 31.2 Å². The maximum absolute atomic E-state index is 12.4. The lowest BCUT2D eigenvalue weighted by atomic mass is 10.2. The van der Waals surface area contributed by atoms with Crippen LogP contribution in [0.25, 0.3) is 15.5 Å². The van der Waals surface area contributed by atoms with Gasteiger partial charge in [0.15, 0.2) is 0 Å². The van der Waals surface area contributed by atoms with Gasteiger partial charge in [-0.3, -0.25) is 4.79 Å². The highest BCUT2D eigenvalue weighted by Gasteiger charge is 2.12. The van der Waals surface area contributed by atoms with Crippen LogP contribution in [-0.4, -0.2) is 20.6 Å². The summed E-state index contributed by atoms with van der Waals surface area (Å²) in [6, 6.07) is 15.7. The SMILES string of the molecule is Cc1ccc(-c2nn3c(=O)cc(CNC(=O)Nc4ccccc4Cl)nc3s2)cc1. The number of fused-ring (bicyclic) bond motifs is 1. The number of hydrogen-bond donors (Lipinski definition) is 2. The Morgan fingerprint density at radius 3 is 2.69 bits per heavy atom. The van der Waals surface area contributed by atoms with E-state index in [-0.39, 0.29) is 12.1 Å². The lowest BCUT2D eigenvalue weighted by molar-refractivity contribution is 0.251. The molecule has 0 aliphatic carbocycles. The topological polar surface area (TPSA) is 88.4 Å². The van der Waals surface area contributed by atoms with Crippen molar-refractivity contribution in [1.29, 1.82) is 0 Å². The van der Waals surface area contributed by atoms with Gasteiger partial charge < -0.3 is 10.6 Å². The molecular formula is C20H16ClN5O2S. The van der Waals surface area contributed by atoms with Crippen LogP contribution in [-0.2, 0) is 6.54 Å². The number of urea groups is 1. The summed E-state index contributed by atoms with van der Waals surface area (Å²) in [4.78, 5) is 29.4. The van der Waals surface area contributed by atoms with Gasteiger partial charge in [0, 0.05) is 11.6 Å². The number of rotatable bonds is 4. The van der Waals surface area contributed by atoms with Crippen molar-refractivity contribution in [3.63, 3.8) is 0 Å². The number of carbonyl (C=O) groups excluding carboxylic acids is 1. The summed E-state index contributed by atoms with van der Waals surface area (Å²) in [7, 11) is 0. The van der Waals surface area contributed by atoms with Crippen molar-refractivity contribution in [2.75, 3.05) is 5.32 Å². The summed E-state index contributed by atoms with van der Waals surface area (Å²) in [6.07, 6.45) is 0. The number of aryl methyl sites for hydroxylation is 1. The largest absolute Gasteiger partial charge is 0.332 e. The summed E-state index contributed by atoms with van der Waals surface area (Å²) >= 11 is 7.35. The van der Waals surface area contributed by atoms with E-state index in [0.717, 1.165) is 11.1 Å². The number of benzene rings is 2. The molecule has 7 nitrogen and oxygen atoms in total. The monoisotopic (exact) mass is 425 g/mol. The zero-order chi connectivity index (χ0) is 20.4. The number of para-hydroxylation sites is 1. The lowest BCUT2D eigenvalue weighted by Gasteiger charge is -2.08. The van der Waals surface area contributed by atoms with Gasteiger partial charge in [-0.05, 0) is 19.1 Å². The molecule has 0 aliphatic rings. The molecule has 0 bridgehead atoms. The van der Waals surface area contributed by atoms with Crippen LogP contribution >= 0.6 is 22.9 Å². The van der Waals surface area contributed by atoms with Crippen molar-refractivity contribution in [3.8, 4) is 10.6 Å². The van der Waals surface area contributed by atoms with Crippen LogP contribution in [0.2, 0.25) is 5.02 Å². The maximum Gasteiger partial charge on any atom is 0.319 e. The highest BCUT2D eigenvalue weighted by atomic mass is 35.5. The summed E-state index contributed by atoms with van der Waals surface area (Å²) in [5, 5.41) is 10.8. The molecule has 4 rings (SSSR count). The standard InChI is InChI=1S/C20H16ClN5O2S/c1-12-6-8-13(9-7-12)18-25-26-17(27)10-14(23-20(26)29-18)11-22-19(28)24-16-5-3-2-4-15(16)21/h2-10H,11H2,1H3,(H2,22,24,28). The molecule has 0 radical (unpaired) electrons. The Kier molecular flexibility index (Phi) is 5.28. The number of halogens is 1. The fourth-order valence-electron chi connectivity index (χ4n) is 2.66. The first-order chi connectivity index (χ1) is 14.0. The first-order valence-electron chi connectivity index (χ1n) is 8.76. The second-order valence-corrected chi connectivity index (χ2v) is 7.70.